The first kappa shape index (κ1) is 11.4. The molecule has 0 spiro atoms. The van der Waals surface area contributed by atoms with Gasteiger partial charge in [-0.2, -0.15) is 0 Å². The van der Waals surface area contributed by atoms with Crippen molar-refractivity contribution in [2.45, 2.75) is 24.7 Å². The lowest BCUT2D eigenvalue weighted by Gasteiger charge is -2.37. The van der Waals surface area contributed by atoms with Crippen LogP contribution in [-0.2, 0) is 11.8 Å². The summed E-state index contributed by atoms with van der Waals surface area (Å²) in [6, 6.07) is 5.91. The topological polar surface area (TPSA) is 49.7 Å². The van der Waals surface area contributed by atoms with Gasteiger partial charge in [0.2, 0.25) is 0 Å². The molecule has 2 rings (SSSR count). The summed E-state index contributed by atoms with van der Waals surface area (Å²) in [6.07, 6.45) is 2.81. The van der Waals surface area contributed by atoms with Gasteiger partial charge in [-0.15, -0.1) is 0 Å². The highest BCUT2D eigenvalue weighted by atomic mass is 16.5. The third-order valence-corrected chi connectivity index (χ3v) is 3.57. The molecule has 0 aromatic heterocycles. The van der Waals surface area contributed by atoms with Crippen LogP contribution in [0.3, 0.4) is 0 Å². The van der Waals surface area contributed by atoms with E-state index in [1.807, 2.05) is 12.1 Å². The number of hydrogen-bond donors (Lipinski definition) is 2. The number of methoxy groups -OCH3 is 1. The van der Waals surface area contributed by atoms with Gasteiger partial charge in [0.25, 0.3) is 0 Å². The van der Waals surface area contributed by atoms with E-state index < -0.39 is 5.41 Å². The van der Waals surface area contributed by atoms with Crippen molar-refractivity contribution in [3.63, 3.8) is 0 Å². The molecule has 0 amide bonds. The summed E-state index contributed by atoms with van der Waals surface area (Å²) in [5, 5.41) is 19.2. The average molecular weight is 222 g/mol. The summed E-state index contributed by atoms with van der Waals surface area (Å²) in [5.41, 5.74) is 1.66. The smallest absolute Gasteiger partial charge is 0.123 e. The van der Waals surface area contributed by atoms with Gasteiger partial charge in [-0.05, 0) is 30.9 Å². The molecule has 3 nitrogen and oxygen atoms in total. The predicted molar refractivity (Wildman–Crippen MR) is 61.8 cm³/mol. The Morgan fingerprint density at radius 3 is 2.69 bits per heavy atom. The monoisotopic (exact) mass is 222 g/mol. The number of aryl methyl sites for hydroxylation is 1. The minimum atomic E-state index is -0.528. The van der Waals surface area contributed by atoms with Crippen molar-refractivity contribution in [1.29, 1.82) is 0 Å². The van der Waals surface area contributed by atoms with Crippen LogP contribution in [0, 0.1) is 0 Å². The van der Waals surface area contributed by atoms with Crippen LogP contribution in [0.4, 0.5) is 0 Å². The van der Waals surface area contributed by atoms with Gasteiger partial charge in [0, 0.05) is 11.0 Å². The van der Waals surface area contributed by atoms with Crippen molar-refractivity contribution in [3.8, 4) is 5.75 Å². The molecular formula is C13H18O3. The van der Waals surface area contributed by atoms with Gasteiger partial charge in [0.1, 0.15) is 5.75 Å². The third-order valence-electron chi connectivity index (χ3n) is 3.57. The zero-order chi connectivity index (χ0) is 11.6. The van der Waals surface area contributed by atoms with Crippen LogP contribution in [0.2, 0.25) is 0 Å². The molecule has 0 bridgehead atoms. The molecule has 0 heterocycles. The Bertz CT molecular complexity index is 355. The van der Waals surface area contributed by atoms with Crippen molar-refractivity contribution in [1.82, 2.24) is 0 Å². The zero-order valence-electron chi connectivity index (χ0n) is 9.57. The van der Waals surface area contributed by atoms with Crippen LogP contribution in [0.15, 0.2) is 18.2 Å². The molecule has 0 aliphatic heterocycles. The molecule has 1 aliphatic carbocycles. The molecular weight excluding hydrogens is 204 g/mol. The Kier molecular flexibility index (Phi) is 3.17. The van der Waals surface area contributed by atoms with Crippen molar-refractivity contribution in [3.05, 3.63) is 29.3 Å². The van der Waals surface area contributed by atoms with Crippen LogP contribution in [0.1, 0.15) is 24.0 Å². The summed E-state index contributed by atoms with van der Waals surface area (Å²) in [7, 11) is 1.63. The van der Waals surface area contributed by atoms with Crippen molar-refractivity contribution < 1.29 is 14.9 Å². The van der Waals surface area contributed by atoms with E-state index in [9.17, 15) is 10.2 Å². The molecule has 0 saturated heterocycles. The molecule has 1 aliphatic rings. The first-order valence-electron chi connectivity index (χ1n) is 5.65. The predicted octanol–water partition coefficient (Wildman–Crippen LogP) is 1.25. The maximum atomic E-state index is 9.59. The number of fused-ring (bicyclic) bond motifs is 1. The minimum absolute atomic E-state index is 0.0309. The fourth-order valence-electron chi connectivity index (χ4n) is 2.67. The molecule has 0 fully saturated rings. The lowest BCUT2D eigenvalue weighted by Crippen LogP contribution is -2.38. The number of aliphatic hydroxyl groups is 2. The third kappa shape index (κ3) is 1.60. The number of hydrogen-bond acceptors (Lipinski definition) is 3. The van der Waals surface area contributed by atoms with Crippen LogP contribution in [0.5, 0.6) is 5.75 Å². The van der Waals surface area contributed by atoms with Gasteiger partial charge in [-0.25, -0.2) is 0 Å². The van der Waals surface area contributed by atoms with E-state index in [1.165, 1.54) is 5.56 Å². The number of ether oxygens (including phenoxy) is 1. The van der Waals surface area contributed by atoms with E-state index >= 15 is 0 Å². The highest BCUT2D eigenvalue weighted by Crippen LogP contribution is 2.42. The van der Waals surface area contributed by atoms with E-state index in [4.69, 9.17) is 4.74 Å². The molecule has 1 aromatic rings. The van der Waals surface area contributed by atoms with Gasteiger partial charge < -0.3 is 14.9 Å². The van der Waals surface area contributed by atoms with Crippen LogP contribution >= 0.6 is 0 Å². The Hall–Kier alpha value is -1.06. The van der Waals surface area contributed by atoms with E-state index in [0.717, 1.165) is 30.6 Å². The molecule has 0 atom stereocenters. The van der Waals surface area contributed by atoms with Gasteiger partial charge in [-0.1, -0.05) is 12.1 Å². The molecule has 0 saturated carbocycles. The van der Waals surface area contributed by atoms with E-state index in [1.54, 1.807) is 7.11 Å². The Balaban J connectivity index is 2.58. The standard InChI is InChI=1S/C13H18O3/c1-16-11-6-2-4-10-5-3-7-13(8-14,9-15)12(10)11/h2,4,6,14-15H,3,5,7-9H2,1H3. The quantitative estimate of drug-likeness (QED) is 0.809. The van der Waals surface area contributed by atoms with Crippen LogP contribution < -0.4 is 4.74 Å². The van der Waals surface area contributed by atoms with Gasteiger partial charge in [0.05, 0.1) is 20.3 Å². The lowest BCUT2D eigenvalue weighted by atomic mass is 9.70. The normalized spacial score (nSPS) is 17.9. The Labute approximate surface area is 95.7 Å². The fourth-order valence-corrected chi connectivity index (χ4v) is 2.67. The largest absolute Gasteiger partial charge is 0.496 e. The van der Waals surface area contributed by atoms with E-state index in [-0.39, 0.29) is 13.2 Å². The fraction of sp³-hybridized carbons (Fsp3) is 0.538. The first-order valence-corrected chi connectivity index (χ1v) is 5.65. The SMILES string of the molecule is COc1cccc2c1C(CO)(CO)CCC2. The van der Waals surface area contributed by atoms with E-state index in [2.05, 4.69) is 6.07 Å². The molecule has 3 heteroatoms. The maximum absolute atomic E-state index is 9.59. The molecule has 1 aromatic carbocycles. The molecule has 16 heavy (non-hydrogen) atoms. The second kappa shape index (κ2) is 4.44. The van der Waals surface area contributed by atoms with Crippen molar-refractivity contribution in [2.75, 3.05) is 20.3 Å². The van der Waals surface area contributed by atoms with Crippen molar-refractivity contribution >= 4 is 0 Å². The molecule has 2 N–H and O–H groups in total. The van der Waals surface area contributed by atoms with Crippen LogP contribution in [0.25, 0.3) is 0 Å². The summed E-state index contributed by atoms with van der Waals surface area (Å²) in [6.45, 7) is -0.0618. The molecule has 88 valence electrons. The first-order chi connectivity index (χ1) is 7.77. The van der Waals surface area contributed by atoms with Gasteiger partial charge in [-0.3, -0.25) is 0 Å². The Morgan fingerprint density at radius 2 is 2.06 bits per heavy atom. The Morgan fingerprint density at radius 1 is 1.31 bits per heavy atom. The highest BCUT2D eigenvalue weighted by Gasteiger charge is 2.38. The second-order valence-electron chi connectivity index (χ2n) is 4.44. The van der Waals surface area contributed by atoms with E-state index in [0.29, 0.717) is 0 Å². The average Bonchev–Trinajstić information content (AvgIpc) is 2.37. The summed E-state index contributed by atoms with van der Waals surface area (Å²) in [4.78, 5) is 0. The summed E-state index contributed by atoms with van der Waals surface area (Å²) < 4.78 is 5.35. The zero-order valence-corrected chi connectivity index (χ0v) is 9.57. The summed E-state index contributed by atoms with van der Waals surface area (Å²) >= 11 is 0. The lowest BCUT2D eigenvalue weighted by molar-refractivity contribution is 0.0999. The number of aliphatic hydroxyl groups excluding tert-OH is 2. The number of rotatable bonds is 3. The van der Waals surface area contributed by atoms with Crippen molar-refractivity contribution in [2.24, 2.45) is 0 Å². The maximum Gasteiger partial charge on any atom is 0.123 e. The summed E-state index contributed by atoms with van der Waals surface area (Å²) in [5.74, 6) is 0.778. The number of benzene rings is 1. The van der Waals surface area contributed by atoms with Gasteiger partial charge >= 0.3 is 0 Å². The molecule has 0 radical (unpaired) electrons. The van der Waals surface area contributed by atoms with Gasteiger partial charge in [0.15, 0.2) is 0 Å². The minimum Gasteiger partial charge on any atom is -0.496 e. The van der Waals surface area contributed by atoms with Crippen LogP contribution in [-0.4, -0.2) is 30.5 Å². The second-order valence-corrected chi connectivity index (χ2v) is 4.44. The molecule has 0 unspecified atom stereocenters. The highest BCUT2D eigenvalue weighted by molar-refractivity contribution is 5.47.